The van der Waals surface area contributed by atoms with E-state index in [0.717, 1.165) is 12.8 Å². The van der Waals surface area contributed by atoms with Crippen LogP contribution in [0.2, 0.25) is 0 Å². The molecule has 0 unspecified atom stereocenters. The fraction of sp³-hybridized carbons (Fsp3) is 0.769. The van der Waals surface area contributed by atoms with Crippen LogP contribution in [0.1, 0.15) is 40.0 Å². The molecular weight excluding hydrogens is 248 g/mol. The molecule has 2 N–H and O–H groups in total. The van der Waals surface area contributed by atoms with Gasteiger partial charge in [-0.05, 0) is 19.3 Å². The lowest BCUT2D eigenvalue weighted by Gasteiger charge is -2.17. The standard InChI is InChI=1S/C13H24N2O4/c1-9(2)12(17)15-11(13(18)19-4)7-5-6-8-14-10(3)16/h9,11H,5-8H2,1-4H3,(H,14,16)(H,15,17)/t11-/m0/s1. The quantitative estimate of drug-likeness (QED) is 0.501. The highest BCUT2D eigenvalue weighted by Crippen LogP contribution is 2.04. The van der Waals surface area contributed by atoms with Gasteiger partial charge in [-0.1, -0.05) is 13.8 Å². The predicted octanol–water partition coefficient (Wildman–Crippen LogP) is 0.607. The van der Waals surface area contributed by atoms with Gasteiger partial charge in [-0.15, -0.1) is 0 Å². The van der Waals surface area contributed by atoms with Crippen LogP contribution >= 0.6 is 0 Å². The third-order valence-corrected chi connectivity index (χ3v) is 2.62. The average molecular weight is 272 g/mol. The molecule has 110 valence electrons. The third-order valence-electron chi connectivity index (χ3n) is 2.62. The second kappa shape index (κ2) is 9.35. The highest BCUT2D eigenvalue weighted by atomic mass is 16.5. The van der Waals surface area contributed by atoms with Gasteiger partial charge in [0.25, 0.3) is 0 Å². The summed E-state index contributed by atoms with van der Waals surface area (Å²) < 4.78 is 4.66. The number of hydrogen-bond donors (Lipinski definition) is 2. The zero-order chi connectivity index (χ0) is 14.8. The molecule has 0 aromatic heterocycles. The van der Waals surface area contributed by atoms with Crippen molar-refractivity contribution in [2.75, 3.05) is 13.7 Å². The fourth-order valence-corrected chi connectivity index (χ4v) is 1.47. The zero-order valence-corrected chi connectivity index (χ0v) is 12.1. The lowest BCUT2D eigenvalue weighted by molar-refractivity contribution is -0.145. The van der Waals surface area contributed by atoms with E-state index in [-0.39, 0.29) is 17.7 Å². The summed E-state index contributed by atoms with van der Waals surface area (Å²) in [4.78, 5) is 33.8. The number of unbranched alkanes of at least 4 members (excludes halogenated alkanes) is 1. The van der Waals surface area contributed by atoms with Crippen LogP contribution in [0.4, 0.5) is 0 Å². The highest BCUT2D eigenvalue weighted by molar-refractivity contribution is 5.85. The molecule has 0 heterocycles. The molecule has 0 aliphatic heterocycles. The van der Waals surface area contributed by atoms with Crippen molar-refractivity contribution in [2.45, 2.75) is 46.1 Å². The van der Waals surface area contributed by atoms with E-state index in [1.165, 1.54) is 14.0 Å². The smallest absolute Gasteiger partial charge is 0.328 e. The largest absolute Gasteiger partial charge is 0.467 e. The third kappa shape index (κ3) is 8.18. The van der Waals surface area contributed by atoms with Gasteiger partial charge in [-0.25, -0.2) is 4.79 Å². The molecule has 0 aromatic carbocycles. The van der Waals surface area contributed by atoms with Gasteiger partial charge in [0.15, 0.2) is 0 Å². The van der Waals surface area contributed by atoms with Crippen molar-refractivity contribution < 1.29 is 19.1 Å². The number of amides is 2. The molecule has 0 bridgehead atoms. The number of esters is 1. The van der Waals surface area contributed by atoms with E-state index >= 15 is 0 Å². The van der Waals surface area contributed by atoms with Gasteiger partial charge >= 0.3 is 5.97 Å². The number of rotatable bonds is 8. The number of ether oxygens (including phenoxy) is 1. The second-order valence-electron chi connectivity index (χ2n) is 4.72. The van der Waals surface area contributed by atoms with Gasteiger partial charge in [0.05, 0.1) is 7.11 Å². The van der Waals surface area contributed by atoms with Gasteiger partial charge in [0.2, 0.25) is 11.8 Å². The van der Waals surface area contributed by atoms with E-state index in [9.17, 15) is 14.4 Å². The van der Waals surface area contributed by atoms with E-state index in [0.29, 0.717) is 13.0 Å². The monoisotopic (exact) mass is 272 g/mol. The summed E-state index contributed by atoms with van der Waals surface area (Å²) >= 11 is 0. The van der Waals surface area contributed by atoms with Crippen LogP contribution in [0.25, 0.3) is 0 Å². The van der Waals surface area contributed by atoms with Gasteiger partial charge in [-0.2, -0.15) is 0 Å². The van der Waals surface area contributed by atoms with Crippen LogP contribution in [-0.2, 0) is 19.1 Å². The number of hydrogen-bond acceptors (Lipinski definition) is 4. The summed E-state index contributed by atoms with van der Waals surface area (Å²) in [5.41, 5.74) is 0. The summed E-state index contributed by atoms with van der Waals surface area (Å²) in [5.74, 6) is -0.852. The number of carbonyl (C=O) groups excluding carboxylic acids is 3. The van der Waals surface area contributed by atoms with Crippen molar-refractivity contribution >= 4 is 17.8 Å². The number of nitrogens with one attached hydrogen (secondary N) is 2. The van der Waals surface area contributed by atoms with Gasteiger partial charge in [-0.3, -0.25) is 9.59 Å². The van der Waals surface area contributed by atoms with Crippen LogP contribution in [0.3, 0.4) is 0 Å². The maximum atomic E-state index is 11.6. The minimum atomic E-state index is -0.614. The van der Waals surface area contributed by atoms with Gasteiger partial charge in [0.1, 0.15) is 6.04 Å². The Kier molecular flexibility index (Phi) is 8.57. The van der Waals surface area contributed by atoms with Crippen molar-refractivity contribution in [3.63, 3.8) is 0 Å². The average Bonchev–Trinajstić information content (AvgIpc) is 2.35. The van der Waals surface area contributed by atoms with Crippen molar-refractivity contribution in [2.24, 2.45) is 5.92 Å². The molecule has 0 aliphatic carbocycles. The molecule has 0 aromatic rings. The van der Waals surface area contributed by atoms with Crippen molar-refractivity contribution in [1.29, 1.82) is 0 Å². The molecule has 0 rings (SSSR count). The molecular formula is C13H24N2O4. The Labute approximate surface area is 114 Å². The number of methoxy groups -OCH3 is 1. The summed E-state index contributed by atoms with van der Waals surface area (Å²) in [6.07, 6.45) is 1.98. The lowest BCUT2D eigenvalue weighted by Crippen LogP contribution is -2.43. The topological polar surface area (TPSA) is 84.5 Å². The van der Waals surface area contributed by atoms with E-state index in [2.05, 4.69) is 15.4 Å². The van der Waals surface area contributed by atoms with Crippen LogP contribution in [0.15, 0.2) is 0 Å². The Morgan fingerprint density at radius 2 is 1.79 bits per heavy atom. The van der Waals surface area contributed by atoms with Crippen molar-refractivity contribution in [3.05, 3.63) is 0 Å². The SMILES string of the molecule is COC(=O)[C@H](CCCCNC(C)=O)NC(=O)C(C)C. The van der Waals surface area contributed by atoms with E-state index < -0.39 is 12.0 Å². The molecule has 0 saturated heterocycles. The van der Waals surface area contributed by atoms with Crippen molar-refractivity contribution in [1.82, 2.24) is 10.6 Å². The first-order chi connectivity index (χ1) is 8.88. The van der Waals surface area contributed by atoms with Gasteiger partial charge in [0, 0.05) is 19.4 Å². The first-order valence-electron chi connectivity index (χ1n) is 6.51. The Balaban J connectivity index is 4.11. The first-order valence-corrected chi connectivity index (χ1v) is 6.51. The fourth-order valence-electron chi connectivity index (χ4n) is 1.47. The highest BCUT2D eigenvalue weighted by Gasteiger charge is 2.21. The second-order valence-corrected chi connectivity index (χ2v) is 4.72. The molecule has 0 aliphatic rings. The summed E-state index contributed by atoms with van der Waals surface area (Å²) in [6, 6.07) is -0.614. The maximum absolute atomic E-state index is 11.6. The van der Waals surface area contributed by atoms with Crippen molar-refractivity contribution in [3.8, 4) is 0 Å². The molecule has 0 fully saturated rings. The zero-order valence-electron chi connectivity index (χ0n) is 12.1. The molecule has 2 amide bonds. The summed E-state index contributed by atoms with van der Waals surface area (Å²) in [7, 11) is 1.30. The van der Waals surface area contributed by atoms with Crippen LogP contribution in [0.5, 0.6) is 0 Å². The van der Waals surface area contributed by atoms with E-state index in [1.54, 1.807) is 13.8 Å². The molecule has 0 radical (unpaired) electrons. The summed E-state index contributed by atoms with van der Waals surface area (Å²) in [5, 5.41) is 5.35. The van der Waals surface area contributed by atoms with E-state index in [1.807, 2.05) is 0 Å². The Morgan fingerprint density at radius 1 is 1.16 bits per heavy atom. The van der Waals surface area contributed by atoms with Crippen LogP contribution in [0, 0.1) is 5.92 Å². The Hall–Kier alpha value is -1.59. The van der Waals surface area contributed by atoms with E-state index in [4.69, 9.17) is 0 Å². The lowest BCUT2D eigenvalue weighted by atomic mass is 10.1. The molecule has 0 spiro atoms. The molecule has 19 heavy (non-hydrogen) atoms. The minimum Gasteiger partial charge on any atom is -0.467 e. The molecule has 0 saturated carbocycles. The molecule has 6 nitrogen and oxygen atoms in total. The Morgan fingerprint density at radius 3 is 2.26 bits per heavy atom. The molecule has 1 atom stereocenters. The first kappa shape index (κ1) is 17.4. The number of carbonyl (C=O) groups is 3. The predicted molar refractivity (Wildman–Crippen MR) is 71.3 cm³/mol. The Bertz CT molecular complexity index is 316. The minimum absolute atomic E-state index is 0.0716. The molecule has 6 heteroatoms. The van der Waals surface area contributed by atoms with Gasteiger partial charge < -0.3 is 15.4 Å². The normalized spacial score (nSPS) is 11.8. The van der Waals surface area contributed by atoms with Crippen LogP contribution in [-0.4, -0.2) is 37.5 Å². The maximum Gasteiger partial charge on any atom is 0.328 e. The van der Waals surface area contributed by atoms with Crippen LogP contribution < -0.4 is 10.6 Å². The summed E-state index contributed by atoms with van der Waals surface area (Å²) in [6.45, 7) is 5.56.